The van der Waals surface area contributed by atoms with Crippen LogP contribution in [0.1, 0.15) is 59.1 Å². The Morgan fingerprint density at radius 2 is 1.65 bits per heavy atom. The molecule has 0 bridgehead atoms. The molecule has 2 heteroatoms. The van der Waals surface area contributed by atoms with Gasteiger partial charge in [-0.3, -0.25) is 4.90 Å². The van der Waals surface area contributed by atoms with Crippen molar-refractivity contribution < 1.29 is 0 Å². The van der Waals surface area contributed by atoms with Crippen molar-refractivity contribution in [1.82, 2.24) is 4.90 Å². The van der Waals surface area contributed by atoms with Crippen LogP contribution in [0.15, 0.2) is 18.2 Å². The lowest BCUT2D eigenvalue weighted by Crippen LogP contribution is -2.42. The summed E-state index contributed by atoms with van der Waals surface area (Å²) in [6, 6.07) is 6.41. The highest BCUT2D eigenvalue weighted by Gasteiger charge is 2.23. The maximum Gasteiger partial charge on any atom is 0.0438 e. The van der Waals surface area contributed by atoms with E-state index in [-0.39, 0.29) is 5.54 Å². The van der Waals surface area contributed by atoms with Crippen LogP contribution in [0.5, 0.6) is 0 Å². The molecule has 0 atom stereocenters. The van der Waals surface area contributed by atoms with Crippen LogP contribution in [0.25, 0.3) is 0 Å². The van der Waals surface area contributed by atoms with Crippen molar-refractivity contribution in [1.29, 1.82) is 0 Å². The summed E-state index contributed by atoms with van der Waals surface area (Å²) in [6.07, 6.45) is 1.20. The molecule has 1 nitrogen and oxygen atoms in total. The van der Waals surface area contributed by atoms with Gasteiger partial charge in [0.2, 0.25) is 0 Å². The van der Waals surface area contributed by atoms with Gasteiger partial charge in [-0.1, -0.05) is 44.5 Å². The standard InChI is InChI=1S/C18H30ClN/c1-14-8-9-15(12-16(14)19)13-20(18(5,6)7)11-10-17(2,3)4/h8-9,12H,10-11,13H2,1-7H3. The number of nitrogens with zero attached hydrogens (tertiary/aromatic N) is 1. The number of rotatable bonds is 4. The van der Waals surface area contributed by atoms with Crippen molar-refractivity contribution in [3.8, 4) is 0 Å². The summed E-state index contributed by atoms with van der Waals surface area (Å²) in [7, 11) is 0. The molecule has 0 saturated carbocycles. The van der Waals surface area contributed by atoms with E-state index in [9.17, 15) is 0 Å². The van der Waals surface area contributed by atoms with Crippen LogP contribution in [-0.2, 0) is 6.54 Å². The Hall–Kier alpha value is -0.530. The van der Waals surface area contributed by atoms with Crippen LogP contribution in [0.2, 0.25) is 5.02 Å². The summed E-state index contributed by atoms with van der Waals surface area (Å²) in [5, 5.41) is 0.868. The smallest absolute Gasteiger partial charge is 0.0438 e. The zero-order chi connectivity index (χ0) is 15.6. The Morgan fingerprint density at radius 1 is 1.05 bits per heavy atom. The highest BCUT2D eigenvalue weighted by molar-refractivity contribution is 6.31. The molecule has 0 aliphatic rings. The third kappa shape index (κ3) is 5.85. The predicted molar refractivity (Wildman–Crippen MR) is 90.4 cm³/mol. The van der Waals surface area contributed by atoms with Crippen LogP contribution in [-0.4, -0.2) is 17.0 Å². The third-order valence-electron chi connectivity index (χ3n) is 3.69. The van der Waals surface area contributed by atoms with E-state index in [4.69, 9.17) is 11.6 Å². The van der Waals surface area contributed by atoms with Gasteiger partial charge in [0.25, 0.3) is 0 Å². The van der Waals surface area contributed by atoms with Crippen molar-refractivity contribution in [2.45, 2.75) is 67.0 Å². The third-order valence-corrected chi connectivity index (χ3v) is 4.10. The van der Waals surface area contributed by atoms with Gasteiger partial charge in [-0.2, -0.15) is 0 Å². The largest absolute Gasteiger partial charge is 0.294 e. The van der Waals surface area contributed by atoms with Crippen LogP contribution in [0.4, 0.5) is 0 Å². The lowest BCUT2D eigenvalue weighted by Gasteiger charge is -2.37. The maximum absolute atomic E-state index is 6.24. The lowest BCUT2D eigenvalue weighted by atomic mass is 9.91. The highest BCUT2D eigenvalue weighted by atomic mass is 35.5. The van der Waals surface area contributed by atoms with Crippen LogP contribution >= 0.6 is 11.6 Å². The predicted octanol–water partition coefficient (Wildman–Crippen LogP) is 5.69. The molecule has 20 heavy (non-hydrogen) atoms. The van der Waals surface area contributed by atoms with Gasteiger partial charge in [0.1, 0.15) is 0 Å². The summed E-state index contributed by atoms with van der Waals surface area (Å²) < 4.78 is 0. The first-order valence-electron chi connectivity index (χ1n) is 7.49. The minimum atomic E-state index is 0.169. The molecule has 0 N–H and O–H groups in total. The fourth-order valence-corrected chi connectivity index (χ4v) is 2.28. The number of hydrogen-bond donors (Lipinski definition) is 0. The Bertz CT molecular complexity index is 438. The summed E-state index contributed by atoms with van der Waals surface area (Å²) in [5.41, 5.74) is 2.98. The van der Waals surface area contributed by atoms with Gasteiger partial charge in [0.05, 0.1) is 0 Å². The fraction of sp³-hybridized carbons (Fsp3) is 0.667. The second-order valence-electron chi connectivity index (χ2n) is 7.99. The van der Waals surface area contributed by atoms with Gasteiger partial charge in [-0.05, 0) is 63.3 Å². The molecule has 1 aromatic rings. The molecule has 0 spiro atoms. The van der Waals surface area contributed by atoms with Crippen molar-refractivity contribution in [3.05, 3.63) is 34.3 Å². The topological polar surface area (TPSA) is 3.24 Å². The normalized spacial score (nSPS) is 13.1. The average Bonchev–Trinajstić information content (AvgIpc) is 2.26. The zero-order valence-corrected chi connectivity index (χ0v) is 14.9. The van der Waals surface area contributed by atoms with E-state index in [0.29, 0.717) is 5.41 Å². The van der Waals surface area contributed by atoms with E-state index in [1.165, 1.54) is 12.0 Å². The molecule has 0 saturated heterocycles. The first kappa shape index (κ1) is 17.5. The molecular weight excluding hydrogens is 266 g/mol. The Kier molecular flexibility index (Phi) is 5.69. The molecule has 1 aromatic carbocycles. The second-order valence-corrected chi connectivity index (χ2v) is 8.39. The number of halogens is 1. The lowest BCUT2D eigenvalue weighted by molar-refractivity contribution is 0.110. The summed E-state index contributed by atoms with van der Waals surface area (Å²) >= 11 is 6.24. The number of benzene rings is 1. The van der Waals surface area contributed by atoms with E-state index in [0.717, 1.165) is 23.7 Å². The van der Waals surface area contributed by atoms with Crippen molar-refractivity contribution in [2.24, 2.45) is 5.41 Å². The average molecular weight is 296 g/mol. The summed E-state index contributed by atoms with van der Waals surface area (Å²) in [5.74, 6) is 0. The fourth-order valence-electron chi connectivity index (χ4n) is 2.08. The molecule has 1 rings (SSSR count). The van der Waals surface area contributed by atoms with Gasteiger partial charge in [-0.25, -0.2) is 0 Å². The molecule has 0 aromatic heterocycles. The molecule has 0 heterocycles. The monoisotopic (exact) mass is 295 g/mol. The Morgan fingerprint density at radius 3 is 2.10 bits per heavy atom. The SMILES string of the molecule is Cc1ccc(CN(CCC(C)(C)C)C(C)(C)C)cc1Cl. The highest BCUT2D eigenvalue weighted by Crippen LogP contribution is 2.25. The van der Waals surface area contributed by atoms with E-state index < -0.39 is 0 Å². The quantitative estimate of drug-likeness (QED) is 0.690. The van der Waals surface area contributed by atoms with Gasteiger partial charge in [-0.15, -0.1) is 0 Å². The molecule has 0 fully saturated rings. The molecule has 0 aliphatic heterocycles. The Labute approximate surface area is 130 Å². The first-order chi connectivity index (χ1) is 8.99. The Balaban J connectivity index is 2.82. The minimum absolute atomic E-state index is 0.169. The molecular formula is C18H30ClN. The van der Waals surface area contributed by atoms with Crippen LogP contribution < -0.4 is 0 Å². The van der Waals surface area contributed by atoms with Crippen molar-refractivity contribution >= 4 is 11.6 Å². The molecule has 114 valence electrons. The minimum Gasteiger partial charge on any atom is -0.294 e. The molecule has 0 amide bonds. The maximum atomic E-state index is 6.24. The van der Waals surface area contributed by atoms with Gasteiger partial charge < -0.3 is 0 Å². The summed E-state index contributed by atoms with van der Waals surface area (Å²) in [6.45, 7) is 17.9. The summed E-state index contributed by atoms with van der Waals surface area (Å²) in [4.78, 5) is 2.54. The van der Waals surface area contributed by atoms with Gasteiger partial charge in [0, 0.05) is 17.1 Å². The van der Waals surface area contributed by atoms with Crippen molar-refractivity contribution in [3.63, 3.8) is 0 Å². The van der Waals surface area contributed by atoms with Gasteiger partial charge >= 0.3 is 0 Å². The van der Waals surface area contributed by atoms with E-state index >= 15 is 0 Å². The molecule has 0 aliphatic carbocycles. The van der Waals surface area contributed by atoms with Crippen LogP contribution in [0.3, 0.4) is 0 Å². The number of hydrogen-bond acceptors (Lipinski definition) is 1. The second kappa shape index (κ2) is 6.49. The first-order valence-corrected chi connectivity index (χ1v) is 7.87. The number of aryl methyl sites for hydroxylation is 1. The zero-order valence-electron chi connectivity index (χ0n) is 14.2. The molecule has 0 radical (unpaired) electrons. The molecule has 0 unspecified atom stereocenters. The van der Waals surface area contributed by atoms with Crippen LogP contribution in [0, 0.1) is 12.3 Å². The van der Waals surface area contributed by atoms with E-state index in [2.05, 4.69) is 64.6 Å². The van der Waals surface area contributed by atoms with E-state index in [1.54, 1.807) is 0 Å². The van der Waals surface area contributed by atoms with E-state index in [1.807, 2.05) is 6.92 Å². The van der Waals surface area contributed by atoms with Crippen molar-refractivity contribution in [2.75, 3.05) is 6.54 Å². The van der Waals surface area contributed by atoms with Gasteiger partial charge in [0.15, 0.2) is 0 Å².